The highest BCUT2D eigenvalue weighted by Crippen LogP contribution is 2.08. The molecule has 2 heterocycles. The van der Waals surface area contributed by atoms with Gasteiger partial charge in [-0.1, -0.05) is 0 Å². The van der Waals surface area contributed by atoms with Crippen LogP contribution in [0.1, 0.15) is 17.0 Å². The van der Waals surface area contributed by atoms with Gasteiger partial charge >= 0.3 is 0 Å². The van der Waals surface area contributed by atoms with Gasteiger partial charge in [-0.3, -0.25) is 4.68 Å². The summed E-state index contributed by atoms with van der Waals surface area (Å²) in [5.41, 5.74) is 9.22. The lowest BCUT2D eigenvalue weighted by molar-refractivity contribution is 0.676. The van der Waals surface area contributed by atoms with Crippen LogP contribution in [0.4, 0.5) is 5.69 Å². The molecule has 0 aliphatic carbocycles. The Bertz CT molecular complexity index is 474. The average Bonchev–Trinajstić information content (AvgIpc) is 2.58. The first-order valence-electron chi connectivity index (χ1n) is 4.73. The number of aryl methyl sites for hydroxylation is 2. The molecule has 0 aliphatic rings. The van der Waals surface area contributed by atoms with E-state index in [0.717, 1.165) is 17.0 Å². The molecule has 0 amide bonds. The molecule has 5 nitrogen and oxygen atoms in total. The molecule has 0 atom stereocenters. The molecule has 5 heteroatoms. The second-order valence-corrected chi connectivity index (χ2v) is 3.57. The molecule has 2 N–H and O–H groups in total. The number of aromatic nitrogens is 4. The quantitative estimate of drug-likeness (QED) is 0.788. The van der Waals surface area contributed by atoms with Crippen molar-refractivity contribution in [1.82, 2.24) is 20.0 Å². The Kier molecular flexibility index (Phi) is 2.37. The number of nitrogens with zero attached hydrogens (tertiary/aromatic N) is 4. The average molecular weight is 203 g/mol. The van der Waals surface area contributed by atoms with Crippen molar-refractivity contribution in [3.05, 3.63) is 35.4 Å². The van der Waals surface area contributed by atoms with E-state index < -0.39 is 0 Å². The summed E-state index contributed by atoms with van der Waals surface area (Å²) in [4.78, 5) is 0. The number of anilines is 1. The van der Waals surface area contributed by atoms with Crippen molar-refractivity contribution in [2.75, 3.05) is 5.73 Å². The minimum Gasteiger partial charge on any atom is -0.396 e. The predicted octanol–water partition coefficient (Wildman–Crippen LogP) is 0.920. The van der Waals surface area contributed by atoms with Crippen LogP contribution < -0.4 is 5.73 Å². The largest absolute Gasteiger partial charge is 0.396 e. The SMILES string of the molecule is Cc1cc(Cn2cc(N)cn2)c(C)nn1. The van der Waals surface area contributed by atoms with Crippen molar-refractivity contribution < 1.29 is 0 Å². The number of rotatable bonds is 2. The van der Waals surface area contributed by atoms with Crippen molar-refractivity contribution in [3.63, 3.8) is 0 Å². The Hall–Kier alpha value is -1.91. The first-order valence-corrected chi connectivity index (χ1v) is 4.73. The number of hydrogen-bond donors (Lipinski definition) is 1. The third kappa shape index (κ3) is 2.12. The van der Waals surface area contributed by atoms with Crippen molar-refractivity contribution >= 4 is 5.69 Å². The van der Waals surface area contributed by atoms with E-state index in [9.17, 15) is 0 Å². The number of hydrogen-bond acceptors (Lipinski definition) is 4. The summed E-state index contributed by atoms with van der Waals surface area (Å²) in [6.45, 7) is 4.54. The van der Waals surface area contributed by atoms with Gasteiger partial charge in [0.25, 0.3) is 0 Å². The van der Waals surface area contributed by atoms with Crippen LogP contribution in [0.3, 0.4) is 0 Å². The lowest BCUT2D eigenvalue weighted by atomic mass is 10.2. The van der Waals surface area contributed by atoms with Crippen molar-refractivity contribution in [2.24, 2.45) is 0 Å². The van der Waals surface area contributed by atoms with E-state index in [1.807, 2.05) is 19.9 Å². The standard InChI is InChI=1S/C10H13N5/c1-7-3-9(8(2)14-13-7)5-15-6-10(11)4-12-15/h3-4,6H,5,11H2,1-2H3. The van der Waals surface area contributed by atoms with E-state index in [0.29, 0.717) is 12.2 Å². The maximum Gasteiger partial charge on any atom is 0.0719 e. The number of nitrogen functional groups attached to an aromatic ring is 1. The maximum atomic E-state index is 5.59. The van der Waals surface area contributed by atoms with E-state index in [4.69, 9.17) is 5.73 Å². The highest BCUT2D eigenvalue weighted by molar-refractivity contribution is 5.31. The fourth-order valence-electron chi connectivity index (χ4n) is 1.40. The van der Waals surface area contributed by atoms with Crippen molar-refractivity contribution in [1.29, 1.82) is 0 Å². The van der Waals surface area contributed by atoms with Gasteiger partial charge in [-0.2, -0.15) is 15.3 Å². The summed E-state index contributed by atoms with van der Waals surface area (Å²) < 4.78 is 1.79. The molecule has 2 rings (SSSR count). The van der Waals surface area contributed by atoms with Gasteiger partial charge in [0, 0.05) is 6.20 Å². The summed E-state index contributed by atoms with van der Waals surface area (Å²) in [6.07, 6.45) is 3.44. The predicted molar refractivity (Wildman–Crippen MR) is 57.2 cm³/mol. The highest BCUT2D eigenvalue weighted by Gasteiger charge is 2.03. The zero-order chi connectivity index (χ0) is 10.8. The zero-order valence-electron chi connectivity index (χ0n) is 8.81. The topological polar surface area (TPSA) is 69.6 Å². The third-order valence-electron chi connectivity index (χ3n) is 2.19. The first-order chi connectivity index (χ1) is 7.15. The molecule has 2 aromatic heterocycles. The lowest BCUT2D eigenvalue weighted by Gasteiger charge is -2.05. The van der Waals surface area contributed by atoms with Crippen LogP contribution in [0.25, 0.3) is 0 Å². The van der Waals surface area contributed by atoms with Crippen LogP contribution in [-0.2, 0) is 6.54 Å². The normalized spacial score (nSPS) is 10.5. The minimum atomic E-state index is 0.673. The van der Waals surface area contributed by atoms with E-state index >= 15 is 0 Å². The molecule has 0 fully saturated rings. The van der Waals surface area contributed by atoms with Crippen molar-refractivity contribution in [2.45, 2.75) is 20.4 Å². The Morgan fingerprint density at radius 2 is 2.13 bits per heavy atom. The van der Waals surface area contributed by atoms with Gasteiger partial charge in [-0.05, 0) is 25.5 Å². The minimum absolute atomic E-state index is 0.673. The number of nitrogens with two attached hydrogens (primary N) is 1. The van der Waals surface area contributed by atoms with Gasteiger partial charge in [0.15, 0.2) is 0 Å². The van der Waals surface area contributed by atoms with Gasteiger partial charge in [-0.15, -0.1) is 0 Å². The molecule has 0 saturated carbocycles. The molecule has 0 aliphatic heterocycles. The molecule has 0 saturated heterocycles. The molecule has 0 unspecified atom stereocenters. The molecule has 15 heavy (non-hydrogen) atoms. The van der Waals surface area contributed by atoms with E-state index in [-0.39, 0.29) is 0 Å². The second-order valence-electron chi connectivity index (χ2n) is 3.57. The van der Waals surface area contributed by atoms with Gasteiger partial charge in [0.2, 0.25) is 0 Å². The van der Waals surface area contributed by atoms with E-state index in [1.165, 1.54) is 0 Å². The Morgan fingerprint density at radius 1 is 1.33 bits per heavy atom. The lowest BCUT2D eigenvalue weighted by Crippen LogP contribution is -2.05. The van der Waals surface area contributed by atoms with Crippen molar-refractivity contribution in [3.8, 4) is 0 Å². The first kappa shape index (κ1) is 9.64. The Morgan fingerprint density at radius 3 is 2.80 bits per heavy atom. The highest BCUT2D eigenvalue weighted by atomic mass is 15.3. The third-order valence-corrected chi connectivity index (χ3v) is 2.19. The fourth-order valence-corrected chi connectivity index (χ4v) is 1.40. The molecule has 2 aromatic rings. The summed E-state index contributed by atoms with van der Waals surface area (Å²) >= 11 is 0. The van der Waals surface area contributed by atoms with Gasteiger partial charge in [0.1, 0.15) is 0 Å². The van der Waals surface area contributed by atoms with E-state index in [1.54, 1.807) is 17.1 Å². The molecule has 0 aromatic carbocycles. The van der Waals surface area contributed by atoms with Crippen LogP contribution in [0, 0.1) is 13.8 Å². The van der Waals surface area contributed by atoms with Gasteiger partial charge < -0.3 is 5.73 Å². The maximum absolute atomic E-state index is 5.59. The Labute approximate surface area is 87.9 Å². The summed E-state index contributed by atoms with van der Waals surface area (Å²) in [5, 5.41) is 12.2. The van der Waals surface area contributed by atoms with Crippen LogP contribution in [-0.4, -0.2) is 20.0 Å². The van der Waals surface area contributed by atoms with Gasteiger partial charge in [0.05, 0.1) is 29.8 Å². The van der Waals surface area contributed by atoms with Gasteiger partial charge in [-0.25, -0.2) is 0 Å². The monoisotopic (exact) mass is 203 g/mol. The molecule has 78 valence electrons. The molecular weight excluding hydrogens is 190 g/mol. The molecule has 0 bridgehead atoms. The summed E-state index contributed by atoms with van der Waals surface area (Å²) in [5.74, 6) is 0. The molecule has 0 radical (unpaired) electrons. The van der Waals surface area contributed by atoms with Crippen LogP contribution in [0.2, 0.25) is 0 Å². The summed E-state index contributed by atoms with van der Waals surface area (Å²) in [7, 11) is 0. The second kappa shape index (κ2) is 3.68. The van der Waals surface area contributed by atoms with Crippen LogP contribution in [0.5, 0.6) is 0 Å². The van der Waals surface area contributed by atoms with E-state index in [2.05, 4.69) is 15.3 Å². The summed E-state index contributed by atoms with van der Waals surface area (Å²) in [6, 6.07) is 2.01. The molecule has 0 spiro atoms. The Balaban J connectivity index is 2.27. The zero-order valence-corrected chi connectivity index (χ0v) is 8.81. The fraction of sp³-hybridized carbons (Fsp3) is 0.300. The smallest absolute Gasteiger partial charge is 0.0719 e. The molecular formula is C10H13N5. The van der Waals surface area contributed by atoms with Crippen LogP contribution >= 0.6 is 0 Å². The van der Waals surface area contributed by atoms with Crippen LogP contribution in [0.15, 0.2) is 18.5 Å².